The summed E-state index contributed by atoms with van der Waals surface area (Å²) >= 11 is 0. The van der Waals surface area contributed by atoms with Crippen molar-refractivity contribution >= 4 is 0 Å². The molecule has 1 saturated carbocycles. The quantitative estimate of drug-likeness (QED) is 0.609. The fraction of sp³-hybridized carbons (Fsp3) is 0.846. The van der Waals surface area contributed by atoms with Crippen molar-refractivity contribution in [2.75, 3.05) is 7.11 Å². The molecule has 0 aromatic carbocycles. The second-order valence-corrected chi connectivity index (χ2v) is 5.69. The lowest BCUT2D eigenvalue weighted by Crippen LogP contribution is -2.57. The molecule has 6 heteroatoms. The van der Waals surface area contributed by atoms with Gasteiger partial charge in [-0.2, -0.15) is 5.10 Å². The Balaban J connectivity index is 2.16. The van der Waals surface area contributed by atoms with Gasteiger partial charge in [-0.15, -0.1) is 0 Å². The minimum absolute atomic E-state index is 0.0585. The van der Waals surface area contributed by atoms with Gasteiger partial charge < -0.3 is 4.74 Å². The van der Waals surface area contributed by atoms with E-state index < -0.39 is 0 Å². The number of nitrogens with two attached hydrogens (primary N) is 1. The van der Waals surface area contributed by atoms with E-state index >= 15 is 0 Å². The zero-order chi connectivity index (χ0) is 13.9. The molecular formula is C13H25N5O. The molecule has 0 bridgehead atoms. The molecule has 1 aromatic rings. The third-order valence-electron chi connectivity index (χ3n) is 4.43. The van der Waals surface area contributed by atoms with E-state index in [1.54, 1.807) is 18.1 Å². The first-order chi connectivity index (χ1) is 9.11. The van der Waals surface area contributed by atoms with E-state index in [4.69, 9.17) is 10.6 Å². The third-order valence-corrected chi connectivity index (χ3v) is 4.43. The number of aromatic nitrogens is 3. The Labute approximate surface area is 114 Å². The number of rotatable bonds is 5. The van der Waals surface area contributed by atoms with Crippen molar-refractivity contribution in [1.29, 1.82) is 0 Å². The molecule has 0 radical (unpaired) electrons. The zero-order valence-corrected chi connectivity index (χ0v) is 12.1. The molecule has 0 spiro atoms. The minimum Gasteiger partial charge on any atom is -0.377 e. The first-order valence-electron chi connectivity index (χ1n) is 6.95. The monoisotopic (exact) mass is 267 g/mol. The van der Waals surface area contributed by atoms with E-state index in [1.165, 1.54) is 12.8 Å². The smallest absolute Gasteiger partial charge is 0.138 e. The minimum atomic E-state index is -0.196. The highest BCUT2D eigenvalue weighted by Gasteiger charge is 2.42. The average Bonchev–Trinajstić information content (AvgIpc) is 2.81. The molecule has 2 rings (SSSR count). The number of hydrogen-bond donors (Lipinski definition) is 2. The molecule has 0 amide bonds. The van der Waals surface area contributed by atoms with E-state index in [-0.39, 0.29) is 11.6 Å². The summed E-state index contributed by atoms with van der Waals surface area (Å²) in [5.74, 6) is 7.39. The van der Waals surface area contributed by atoms with Crippen molar-refractivity contribution in [3.05, 3.63) is 12.2 Å². The van der Waals surface area contributed by atoms with Crippen molar-refractivity contribution in [2.24, 2.45) is 18.8 Å². The second-order valence-electron chi connectivity index (χ2n) is 5.69. The fourth-order valence-corrected chi connectivity index (χ4v) is 3.27. The predicted molar refractivity (Wildman–Crippen MR) is 73.2 cm³/mol. The average molecular weight is 267 g/mol. The SMILES string of the molecule is COC1(C(Cc2ncnn2C)NN)CCCC(C)C1. The highest BCUT2D eigenvalue weighted by molar-refractivity contribution is 5.01. The summed E-state index contributed by atoms with van der Waals surface area (Å²) in [5, 5.41) is 4.11. The van der Waals surface area contributed by atoms with Gasteiger partial charge >= 0.3 is 0 Å². The highest BCUT2D eigenvalue weighted by Crippen LogP contribution is 2.37. The summed E-state index contributed by atoms with van der Waals surface area (Å²) in [6.07, 6.45) is 6.84. The van der Waals surface area contributed by atoms with Crippen molar-refractivity contribution in [1.82, 2.24) is 20.2 Å². The number of nitrogens with one attached hydrogen (secondary N) is 1. The largest absolute Gasteiger partial charge is 0.377 e. The molecule has 0 saturated heterocycles. The van der Waals surface area contributed by atoms with Gasteiger partial charge in [-0.05, 0) is 18.8 Å². The summed E-state index contributed by atoms with van der Waals surface area (Å²) in [6, 6.07) is 0.0585. The first kappa shape index (κ1) is 14.4. The molecule has 1 aromatic heterocycles. The Morgan fingerprint density at radius 2 is 2.47 bits per heavy atom. The van der Waals surface area contributed by atoms with Crippen molar-refractivity contribution < 1.29 is 4.74 Å². The Bertz CT molecular complexity index is 407. The van der Waals surface area contributed by atoms with Crippen LogP contribution in [0.5, 0.6) is 0 Å². The summed E-state index contributed by atoms with van der Waals surface area (Å²) in [4.78, 5) is 4.28. The number of ether oxygens (including phenoxy) is 1. The van der Waals surface area contributed by atoms with Gasteiger partial charge in [0.05, 0.1) is 11.6 Å². The topological polar surface area (TPSA) is 78.0 Å². The predicted octanol–water partition coefficient (Wildman–Crippen LogP) is 0.785. The molecule has 0 aliphatic heterocycles. The van der Waals surface area contributed by atoms with Crippen LogP contribution in [0, 0.1) is 5.92 Å². The fourth-order valence-electron chi connectivity index (χ4n) is 3.27. The number of aryl methyl sites for hydroxylation is 1. The van der Waals surface area contributed by atoms with Crippen LogP contribution in [-0.4, -0.2) is 33.5 Å². The molecule has 3 unspecified atom stereocenters. The molecule has 1 fully saturated rings. The summed E-state index contributed by atoms with van der Waals surface area (Å²) in [7, 11) is 3.69. The van der Waals surface area contributed by atoms with E-state index in [9.17, 15) is 0 Å². The van der Waals surface area contributed by atoms with Crippen LogP contribution in [-0.2, 0) is 18.2 Å². The highest BCUT2D eigenvalue weighted by atomic mass is 16.5. The van der Waals surface area contributed by atoms with Gasteiger partial charge in [-0.25, -0.2) is 4.98 Å². The summed E-state index contributed by atoms with van der Waals surface area (Å²) in [5.41, 5.74) is 2.75. The molecule has 1 heterocycles. The number of hydrazine groups is 1. The van der Waals surface area contributed by atoms with Crippen LogP contribution in [0.3, 0.4) is 0 Å². The lowest BCUT2D eigenvalue weighted by molar-refractivity contribution is -0.0796. The Kier molecular flexibility index (Phi) is 4.54. The normalized spacial score (nSPS) is 29.4. The van der Waals surface area contributed by atoms with Gasteiger partial charge in [-0.3, -0.25) is 16.0 Å². The van der Waals surface area contributed by atoms with Crippen molar-refractivity contribution in [3.8, 4) is 0 Å². The maximum absolute atomic E-state index is 5.89. The molecule has 1 aliphatic carbocycles. The lowest BCUT2D eigenvalue weighted by atomic mass is 9.74. The number of hydrogen-bond acceptors (Lipinski definition) is 5. The van der Waals surface area contributed by atoms with E-state index in [2.05, 4.69) is 22.4 Å². The van der Waals surface area contributed by atoms with Crippen LogP contribution in [0.4, 0.5) is 0 Å². The Morgan fingerprint density at radius 3 is 3.00 bits per heavy atom. The summed E-state index contributed by atoms with van der Waals surface area (Å²) in [6.45, 7) is 2.28. The van der Waals surface area contributed by atoms with Gasteiger partial charge in [0.15, 0.2) is 0 Å². The number of nitrogens with zero attached hydrogens (tertiary/aromatic N) is 3. The second kappa shape index (κ2) is 5.98. The number of methoxy groups -OCH3 is 1. The van der Waals surface area contributed by atoms with Gasteiger partial charge in [0.1, 0.15) is 12.2 Å². The standard InChI is InChI=1S/C13H25N5O/c1-10-5-4-6-13(8-10,19-3)11(17-14)7-12-15-9-16-18(12)2/h9-11,17H,4-8,14H2,1-3H3. The molecule has 3 N–H and O–H groups in total. The molecule has 108 valence electrons. The van der Waals surface area contributed by atoms with Crippen LogP contribution in [0.2, 0.25) is 0 Å². The molecule has 1 aliphatic rings. The maximum Gasteiger partial charge on any atom is 0.138 e. The van der Waals surface area contributed by atoms with Gasteiger partial charge in [0, 0.05) is 20.6 Å². The van der Waals surface area contributed by atoms with Crippen molar-refractivity contribution in [2.45, 2.75) is 50.7 Å². The van der Waals surface area contributed by atoms with Crippen LogP contribution in [0.15, 0.2) is 6.33 Å². The van der Waals surface area contributed by atoms with E-state index in [0.29, 0.717) is 5.92 Å². The van der Waals surface area contributed by atoms with Gasteiger partial charge in [0.25, 0.3) is 0 Å². The van der Waals surface area contributed by atoms with Crippen LogP contribution >= 0.6 is 0 Å². The first-order valence-corrected chi connectivity index (χ1v) is 6.95. The maximum atomic E-state index is 5.89. The summed E-state index contributed by atoms with van der Waals surface area (Å²) < 4.78 is 7.68. The van der Waals surface area contributed by atoms with Crippen LogP contribution in [0.25, 0.3) is 0 Å². The van der Waals surface area contributed by atoms with Gasteiger partial charge in [0.2, 0.25) is 0 Å². The molecule has 19 heavy (non-hydrogen) atoms. The molecular weight excluding hydrogens is 242 g/mol. The lowest BCUT2D eigenvalue weighted by Gasteiger charge is -2.44. The van der Waals surface area contributed by atoms with E-state index in [1.807, 2.05) is 7.05 Å². The van der Waals surface area contributed by atoms with Gasteiger partial charge in [-0.1, -0.05) is 19.8 Å². The molecule has 3 atom stereocenters. The van der Waals surface area contributed by atoms with Crippen LogP contribution < -0.4 is 11.3 Å². The Hall–Kier alpha value is -0.980. The van der Waals surface area contributed by atoms with E-state index in [0.717, 1.165) is 25.1 Å². The Morgan fingerprint density at radius 1 is 1.68 bits per heavy atom. The van der Waals surface area contributed by atoms with Crippen molar-refractivity contribution in [3.63, 3.8) is 0 Å². The third kappa shape index (κ3) is 2.96. The molecule has 6 nitrogen and oxygen atoms in total. The zero-order valence-electron chi connectivity index (χ0n) is 12.1. The van der Waals surface area contributed by atoms with Crippen LogP contribution in [0.1, 0.15) is 38.4 Å².